The Morgan fingerprint density at radius 1 is 1.06 bits per heavy atom. The third kappa shape index (κ3) is 2.70. The van der Waals surface area contributed by atoms with Crippen LogP contribution in [0.3, 0.4) is 0 Å². The van der Waals surface area contributed by atoms with Gasteiger partial charge in [-0.3, -0.25) is 0 Å². The highest BCUT2D eigenvalue weighted by Gasteiger charge is 2.06. The first-order chi connectivity index (χ1) is 8.22. The van der Waals surface area contributed by atoms with Crippen molar-refractivity contribution in [1.29, 1.82) is 0 Å². The molecule has 0 unspecified atom stereocenters. The van der Waals surface area contributed by atoms with Gasteiger partial charge in [0.05, 0.1) is 4.47 Å². The second kappa shape index (κ2) is 5.37. The van der Waals surface area contributed by atoms with Crippen molar-refractivity contribution in [3.05, 3.63) is 52.5 Å². The van der Waals surface area contributed by atoms with Gasteiger partial charge in [-0.1, -0.05) is 49.7 Å². The fraction of sp³-hybridized carbons (Fsp3) is 0.200. The summed E-state index contributed by atoms with van der Waals surface area (Å²) in [6.45, 7) is 2.17. The standard InChI is InChI=1S/C15H15BrO/c1-2-4-11-7-9-12(10-8-11)13-5-3-6-14(16)15(13)17/h3,5-10,17H,2,4H2,1H3. The summed E-state index contributed by atoms with van der Waals surface area (Å²) < 4.78 is 0.729. The van der Waals surface area contributed by atoms with E-state index in [1.807, 2.05) is 18.2 Å². The molecular weight excluding hydrogens is 276 g/mol. The van der Waals surface area contributed by atoms with Crippen LogP contribution in [-0.4, -0.2) is 5.11 Å². The maximum Gasteiger partial charge on any atom is 0.137 e. The lowest BCUT2D eigenvalue weighted by atomic mass is 10.0. The third-order valence-electron chi connectivity index (χ3n) is 2.79. The average molecular weight is 291 g/mol. The van der Waals surface area contributed by atoms with Gasteiger partial charge in [0.2, 0.25) is 0 Å². The zero-order valence-corrected chi connectivity index (χ0v) is 11.4. The summed E-state index contributed by atoms with van der Waals surface area (Å²) in [5.41, 5.74) is 3.25. The van der Waals surface area contributed by atoms with E-state index in [4.69, 9.17) is 0 Å². The monoisotopic (exact) mass is 290 g/mol. The number of aryl methyl sites for hydroxylation is 1. The molecule has 0 bridgehead atoms. The van der Waals surface area contributed by atoms with E-state index in [0.717, 1.165) is 28.4 Å². The van der Waals surface area contributed by atoms with Crippen LogP contribution < -0.4 is 0 Å². The molecule has 2 heteroatoms. The van der Waals surface area contributed by atoms with Crippen molar-refractivity contribution < 1.29 is 5.11 Å². The minimum atomic E-state index is 0.302. The first-order valence-electron chi connectivity index (χ1n) is 5.79. The molecular formula is C15H15BrO. The van der Waals surface area contributed by atoms with Gasteiger partial charge in [0.1, 0.15) is 5.75 Å². The summed E-state index contributed by atoms with van der Waals surface area (Å²) in [4.78, 5) is 0. The maximum absolute atomic E-state index is 9.98. The molecule has 0 aliphatic carbocycles. The number of para-hydroxylation sites is 1. The predicted octanol–water partition coefficient (Wildman–Crippen LogP) is 4.77. The van der Waals surface area contributed by atoms with Gasteiger partial charge in [-0.25, -0.2) is 0 Å². The topological polar surface area (TPSA) is 20.2 Å². The SMILES string of the molecule is CCCc1ccc(-c2cccc(Br)c2O)cc1. The van der Waals surface area contributed by atoms with Crippen LogP contribution in [0.25, 0.3) is 11.1 Å². The summed E-state index contributed by atoms with van der Waals surface area (Å²) in [5, 5.41) is 9.98. The van der Waals surface area contributed by atoms with E-state index in [9.17, 15) is 5.11 Å². The highest BCUT2D eigenvalue weighted by atomic mass is 79.9. The van der Waals surface area contributed by atoms with E-state index in [1.165, 1.54) is 5.56 Å². The summed E-state index contributed by atoms with van der Waals surface area (Å²) in [6, 6.07) is 14.1. The van der Waals surface area contributed by atoms with Crippen LogP contribution in [-0.2, 0) is 6.42 Å². The van der Waals surface area contributed by atoms with Crippen LogP contribution in [0.2, 0.25) is 0 Å². The van der Waals surface area contributed by atoms with Crippen LogP contribution in [0.1, 0.15) is 18.9 Å². The molecule has 1 N–H and O–H groups in total. The first kappa shape index (κ1) is 12.2. The first-order valence-corrected chi connectivity index (χ1v) is 6.58. The molecule has 0 saturated heterocycles. The summed E-state index contributed by atoms with van der Waals surface area (Å²) in [6.07, 6.45) is 2.26. The molecule has 1 nitrogen and oxygen atoms in total. The number of phenolic OH excluding ortho intramolecular Hbond substituents is 1. The van der Waals surface area contributed by atoms with E-state index in [-0.39, 0.29) is 0 Å². The molecule has 0 amide bonds. The molecule has 0 fully saturated rings. The Kier molecular flexibility index (Phi) is 3.85. The van der Waals surface area contributed by atoms with E-state index < -0.39 is 0 Å². The number of phenols is 1. The highest BCUT2D eigenvalue weighted by molar-refractivity contribution is 9.10. The fourth-order valence-corrected chi connectivity index (χ4v) is 2.25. The van der Waals surface area contributed by atoms with Crippen molar-refractivity contribution >= 4 is 15.9 Å². The molecule has 0 spiro atoms. The molecule has 0 aliphatic heterocycles. The van der Waals surface area contributed by atoms with Crippen molar-refractivity contribution in [1.82, 2.24) is 0 Å². The second-order valence-electron chi connectivity index (χ2n) is 4.08. The number of hydrogen-bond acceptors (Lipinski definition) is 1. The lowest BCUT2D eigenvalue weighted by Gasteiger charge is -2.07. The molecule has 0 aliphatic rings. The van der Waals surface area contributed by atoms with Gasteiger partial charge in [0.25, 0.3) is 0 Å². The van der Waals surface area contributed by atoms with Gasteiger partial charge in [-0.15, -0.1) is 0 Å². The molecule has 0 aromatic heterocycles. The Hall–Kier alpha value is -1.28. The zero-order valence-electron chi connectivity index (χ0n) is 9.78. The lowest BCUT2D eigenvalue weighted by Crippen LogP contribution is -1.84. The molecule has 2 aromatic carbocycles. The Labute approximate surface area is 110 Å². The fourth-order valence-electron chi connectivity index (χ4n) is 1.89. The quantitative estimate of drug-likeness (QED) is 0.863. The van der Waals surface area contributed by atoms with Gasteiger partial charge in [0.15, 0.2) is 0 Å². The molecule has 17 heavy (non-hydrogen) atoms. The lowest BCUT2D eigenvalue weighted by molar-refractivity contribution is 0.474. The van der Waals surface area contributed by atoms with E-state index in [1.54, 1.807) is 0 Å². The van der Waals surface area contributed by atoms with Crippen molar-refractivity contribution in [3.8, 4) is 16.9 Å². The number of rotatable bonds is 3. The number of benzene rings is 2. The summed E-state index contributed by atoms with van der Waals surface area (Å²) in [7, 11) is 0. The van der Waals surface area contributed by atoms with E-state index >= 15 is 0 Å². The number of halogens is 1. The van der Waals surface area contributed by atoms with Crippen LogP contribution >= 0.6 is 15.9 Å². The minimum absolute atomic E-state index is 0.302. The number of aromatic hydroxyl groups is 1. The predicted molar refractivity (Wildman–Crippen MR) is 75.2 cm³/mol. The molecule has 2 aromatic rings. The van der Waals surface area contributed by atoms with Crippen molar-refractivity contribution in [2.45, 2.75) is 19.8 Å². The Morgan fingerprint density at radius 2 is 1.76 bits per heavy atom. The minimum Gasteiger partial charge on any atom is -0.506 e. The van der Waals surface area contributed by atoms with Crippen LogP contribution in [0.4, 0.5) is 0 Å². The third-order valence-corrected chi connectivity index (χ3v) is 3.43. The maximum atomic E-state index is 9.98. The zero-order chi connectivity index (χ0) is 12.3. The molecule has 88 valence electrons. The Morgan fingerprint density at radius 3 is 2.41 bits per heavy atom. The van der Waals surface area contributed by atoms with Crippen LogP contribution in [0.15, 0.2) is 46.9 Å². The van der Waals surface area contributed by atoms with Crippen molar-refractivity contribution in [2.24, 2.45) is 0 Å². The highest BCUT2D eigenvalue weighted by Crippen LogP contribution is 2.35. The molecule has 0 saturated carbocycles. The van der Waals surface area contributed by atoms with E-state index in [0.29, 0.717) is 5.75 Å². The molecule has 0 radical (unpaired) electrons. The van der Waals surface area contributed by atoms with Crippen molar-refractivity contribution in [2.75, 3.05) is 0 Å². The largest absolute Gasteiger partial charge is 0.506 e. The van der Waals surface area contributed by atoms with Gasteiger partial charge >= 0.3 is 0 Å². The summed E-state index contributed by atoms with van der Waals surface area (Å²) >= 11 is 3.33. The molecule has 0 heterocycles. The van der Waals surface area contributed by atoms with Gasteiger partial charge in [0, 0.05) is 5.56 Å². The Bertz CT molecular complexity index is 503. The van der Waals surface area contributed by atoms with Crippen LogP contribution in [0.5, 0.6) is 5.75 Å². The van der Waals surface area contributed by atoms with E-state index in [2.05, 4.69) is 47.1 Å². The Balaban J connectivity index is 2.36. The summed E-state index contributed by atoms with van der Waals surface area (Å²) in [5.74, 6) is 0.302. The molecule has 2 rings (SSSR count). The van der Waals surface area contributed by atoms with Crippen LogP contribution in [0, 0.1) is 0 Å². The van der Waals surface area contributed by atoms with Gasteiger partial charge in [-0.2, -0.15) is 0 Å². The van der Waals surface area contributed by atoms with Crippen molar-refractivity contribution in [3.63, 3.8) is 0 Å². The smallest absolute Gasteiger partial charge is 0.137 e. The van der Waals surface area contributed by atoms with Gasteiger partial charge in [-0.05, 0) is 39.5 Å². The van der Waals surface area contributed by atoms with Gasteiger partial charge < -0.3 is 5.11 Å². The molecule has 0 atom stereocenters. The number of hydrogen-bond donors (Lipinski definition) is 1. The normalized spacial score (nSPS) is 10.5. The average Bonchev–Trinajstić information content (AvgIpc) is 2.34. The second-order valence-corrected chi connectivity index (χ2v) is 4.94.